The summed E-state index contributed by atoms with van der Waals surface area (Å²) >= 11 is 0. The number of rotatable bonds is 8. The molecule has 0 heterocycles. The number of allylic oxidation sites excluding steroid dienone is 2. The molecule has 0 aromatic heterocycles. The van der Waals surface area contributed by atoms with E-state index in [4.69, 9.17) is 0 Å². The van der Waals surface area contributed by atoms with Crippen LogP contribution in [0.3, 0.4) is 0 Å². The molecule has 0 aliphatic rings. The molecule has 1 unspecified atom stereocenters. The van der Waals surface area contributed by atoms with Crippen LogP contribution in [0.2, 0.25) is 0 Å². The largest absolute Gasteiger partial charge is 0.0883 e. The molecule has 0 heteroatoms. The van der Waals surface area contributed by atoms with Crippen molar-refractivity contribution in [3.63, 3.8) is 0 Å². The maximum absolute atomic E-state index is 2.39. The van der Waals surface area contributed by atoms with Crippen molar-refractivity contribution in [1.82, 2.24) is 0 Å². The van der Waals surface area contributed by atoms with E-state index in [1.165, 1.54) is 38.5 Å². The summed E-state index contributed by atoms with van der Waals surface area (Å²) in [6, 6.07) is 0. The van der Waals surface area contributed by atoms with Crippen molar-refractivity contribution in [1.29, 1.82) is 0 Å². The lowest BCUT2D eigenvalue weighted by atomic mass is 9.98. The molecule has 0 N–H and O–H groups in total. The first-order valence-electron chi connectivity index (χ1n) is 6.33. The second kappa shape index (κ2) is 9.30. The van der Waals surface area contributed by atoms with Crippen LogP contribution in [-0.2, 0) is 0 Å². The summed E-state index contributed by atoms with van der Waals surface area (Å²) in [7, 11) is 0. The Balaban J connectivity index is 3.33. The van der Waals surface area contributed by atoms with Gasteiger partial charge in [0, 0.05) is 0 Å². The first-order chi connectivity index (χ1) is 6.66. The van der Waals surface area contributed by atoms with Gasteiger partial charge in [0.1, 0.15) is 0 Å². The van der Waals surface area contributed by atoms with E-state index >= 15 is 0 Å². The molecular weight excluding hydrogens is 168 g/mol. The Kier molecular flexibility index (Phi) is 9.13. The zero-order valence-electron chi connectivity index (χ0n) is 10.6. The van der Waals surface area contributed by atoms with Crippen LogP contribution >= 0.6 is 0 Å². The van der Waals surface area contributed by atoms with E-state index in [0.29, 0.717) is 0 Å². The van der Waals surface area contributed by atoms with E-state index in [2.05, 4.69) is 39.8 Å². The van der Waals surface area contributed by atoms with Gasteiger partial charge in [0.15, 0.2) is 0 Å². The minimum Gasteiger partial charge on any atom is -0.0883 e. The molecule has 0 aliphatic carbocycles. The monoisotopic (exact) mass is 196 g/mol. The van der Waals surface area contributed by atoms with Gasteiger partial charge in [-0.25, -0.2) is 0 Å². The highest BCUT2D eigenvalue weighted by Gasteiger charge is 1.99. The van der Waals surface area contributed by atoms with E-state index < -0.39 is 0 Å². The zero-order chi connectivity index (χ0) is 10.8. The summed E-state index contributed by atoms with van der Waals surface area (Å²) < 4.78 is 0. The molecule has 0 fully saturated rings. The van der Waals surface area contributed by atoms with E-state index in [9.17, 15) is 0 Å². The van der Waals surface area contributed by atoms with Crippen molar-refractivity contribution in [2.75, 3.05) is 0 Å². The van der Waals surface area contributed by atoms with Crippen LogP contribution in [0.25, 0.3) is 0 Å². The van der Waals surface area contributed by atoms with E-state index in [1.54, 1.807) is 0 Å². The van der Waals surface area contributed by atoms with Gasteiger partial charge in [-0.2, -0.15) is 0 Å². The lowest BCUT2D eigenvalue weighted by Gasteiger charge is -2.08. The molecule has 0 saturated heterocycles. The second-order valence-corrected chi connectivity index (χ2v) is 4.88. The van der Waals surface area contributed by atoms with Gasteiger partial charge in [-0.15, -0.1) is 0 Å². The van der Waals surface area contributed by atoms with Crippen molar-refractivity contribution >= 4 is 0 Å². The molecule has 1 atom stereocenters. The van der Waals surface area contributed by atoms with Gasteiger partial charge in [-0.3, -0.25) is 0 Å². The summed E-state index contributed by atoms with van der Waals surface area (Å²) in [6.45, 7) is 9.18. The minimum atomic E-state index is 0.765. The van der Waals surface area contributed by atoms with Crippen molar-refractivity contribution in [2.24, 2.45) is 11.8 Å². The first-order valence-corrected chi connectivity index (χ1v) is 6.33. The standard InChI is InChI=1S/C14H28/c1-5-6-7-8-9-10-11-14(4)12-13(2)3/h10-11,13-14H,5-9,12H2,1-4H3. The molecule has 14 heavy (non-hydrogen) atoms. The summed E-state index contributed by atoms with van der Waals surface area (Å²) in [5.41, 5.74) is 0. The third-order valence-electron chi connectivity index (χ3n) is 2.53. The Morgan fingerprint density at radius 3 is 2.29 bits per heavy atom. The van der Waals surface area contributed by atoms with Gasteiger partial charge in [-0.05, 0) is 31.1 Å². The van der Waals surface area contributed by atoms with Gasteiger partial charge in [0.2, 0.25) is 0 Å². The predicted octanol–water partition coefficient (Wildman–Crippen LogP) is 5.20. The summed E-state index contributed by atoms with van der Waals surface area (Å²) in [6.07, 6.45) is 12.9. The van der Waals surface area contributed by atoms with Gasteiger partial charge in [0.25, 0.3) is 0 Å². The highest BCUT2D eigenvalue weighted by molar-refractivity contribution is 4.86. The lowest BCUT2D eigenvalue weighted by Crippen LogP contribution is -1.95. The van der Waals surface area contributed by atoms with Gasteiger partial charge in [0.05, 0.1) is 0 Å². The third-order valence-corrected chi connectivity index (χ3v) is 2.53. The Morgan fingerprint density at radius 2 is 1.71 bits per heavy atom. The maximum atomic E-state index is 2.39. The Hall–Kier alpha value is -0.260. The Bertz CT molecular complexity index is 133. The first kappa shape index (κ1) is 13.7. The van der Waals surface area contributed by atoms with E-state index in [-0.39, 0.29) is 0 Å². The van der Waals surface area contributed by atoms with Crippen LogP contribution in [-0.4, -0.2) is 0 Å². The average Bonchev–Trinajstić information content (AvgIpc) is 2.10. The maximum Gasteiger partial charge on any atom is -0.0260 e. The quantitative estimate of drug-likeness (QED) is 0.370. The fourth-order valence-electron chi connectivity index (χ4n) is 1.84. The zero-order valence-corrected chi connectivity index (χ0v) is 10.6. The number of hydrogen-bond donors (Lipinski definition) is 0. The second-order valence-electron chi connectivity index (χ2n) is 4.88. The topological polar surface area (TPSA) is 0 Å². The lowest BCUT2D eigenvalue weighted by molar-refractivity contribution is 0.502. The molecule has 0 nitrogen and oxygen atoms in total. The van der Waals surface area contributed by atoms with Gasteiger partial charge >= 0.3 is 0 Å². The third kappa shape index (κ3) is 9.83. The van der Waals surface area contributed by atoms with Crippen LogP contribution in [0.5, 0.6) is 0 Å². The Labute approximate surface area is 90.8 Å². The van der Waals surface area contributed by atoms with Crippen LogP contribution in [0.4, 0.5) is 0 Å². The fourth-order valence-corrected chi connectivity index (χ4v) is 1.84. The van der Waals surface area contributed by atoms with Crippen molar-refractivity contribution in [3.05, 3.63) is 12.2 Å². The number of hydrogen-bond acceptors (Lipinski definition) is 0. The molecule has 0 saturated carbocycles. The summed E-state index contributed by atoms with van der Waals surface area (Å²) in [5, 5.41) is 0. The SMILES string of the molecule is CCCCCCC=CC(C)CC(C)C. The Morgan fingerprint density at radius 1 is 1.00 bits per heavy atom. The predicted molar refractivity (Wildman–Crippen MR) is 66.5 cm³/mol. The normalized spacial score (nSPS) is 14.1. The molecule has 0 aromatic carbocycles. The molecule has 0 aromatic rings. The average molecular weight is 196 g/mol. The molecular formula is C14H28. The molecule has 0 radical (unpaired) electrons. The van der Waals surface area contributed by atoms with Crippen molar-refractivity contribution in [3.8, 4) is 0 Å². The van der Waals surface area contributed by atoms with E-state index in [0.717, 1.165) is 11.8 Å². The number of unbranched alkanes of at least 4 members (excludes halogenated alkanes) is 4. The van der Waals surface area contributed by atoms with Crippen molar-refractivity contribution in [2.45, 2.75) is 66.2 Å². The fraction of sp³-hybridized carbons (Fsp3) is 0.857. The molecule has 0 spiro atoms. The highest BCUT2D eigenvalue weighted by Crippen LogP contribution is 2.13. The van der Waals surface area contributed by atoms with Gasteiger partial charge in [-0.1, -0.05) is 59.1 Å². The van der Waals surface area contributed by atoms with Crippen LogP contribution in [0, 0.1) is 11.8 Å². The van der Waals surface area contributed by atoms with Crippen molar-refractivity contribution < 1.29 is 0 Å². The summed E-state index contributed by atoms with van der Waals surface area (Å²) in [5.74, 6) is 1.59. The van der Waals surface area contributed by atoms with Gasteiger partial charge < -0.3 is 0 Å². The van der Waals surface area contributed by atoms with Crippen LogP contribution in [0.15, 0.2) is 12.2 Å². The smallest absolute Gasteiger partial charge is 0.0260 e. The molecule has 0 amide bonds. The molecule has 84 valence electrons. The molecule has 0 aliphatic heterocycles. The minimum absolute atomic E-state index is 0.765. The van der Waals surface area contributed by atoms with Crippen LogP contribution in [0.1, 0.15) is 66.2 Å². The molecule has 0 rings (SSSR count). The summed E-state index contributed by atoms with van der Waals surface area (Å²) in [4.78, 5) is 0. The molecule has 0 bridgehead atoms. The van der Waals surface area contributed by atoms with E-state index in [1.807, 2.05) is 0 Å². The van der Waals surface area contributed by atoms with Crippen LogP contribution < -0.4 is 0 Å². The highest BCUT2D eigenvalue weighted by atomic mass is 14.1.